The number of aliphatic hydroxyl groups is 1. The number of benzene rings is 1. The molecule has 0 radical (unpaired) electrons. The molecule has 106 valence electrons. The van der Waals surface area contributed by atoms with Crippen LogP contribution in [-0.2, 0) is 10.0 Å². The Labute approximate surface area is 115 Å². The number of aliphatic hydroxyl groups excluding tert-OH is 1. The quantitative estimate of drug-likeness (QED) is 0.915. The highest BCUT2D eigenvalue weighted by atomic mass is 32.2. The van der Waals surface area contributed by atoms with Crippen LogP contribution in [0.25, 0.3) is 0 Å². The maximum Gasteiger partial charge on any atom is 0.243 e. The van der Waals surface area contributed by atoms with Crippen molar-refractivity contribution in [2.75, 3.05) is 19.7 Å². The first-order valence-electron chi connectivity index (χ1n) is 6.47. The Bertz CT molecular complexity index is 575. The highest BCUT2D eigenvalue weighted by Gasteiger charge is 2.38. The molecule has 0 spiro atoms. The summed E-state index contributed by atoms with van der Waals surface area (Å²) in [4.78, 5) is 0.446. The molecule has 1 aromatic rings. The van der Waals surface area contributed by atoms with Gasteiger partial charge in [0, 0.05) is 25.6 Å². The SMILES string of the molecule is Cc1cc(C)c(C)c(S(=O)(=O)N2CC(CO)C2)c1C. The Balaban J connectivity index is 2.47. The van der Waals surface area contributed by atoms with E-state index < -0.39 is 10.0 Å². The Morgan fingerprint density at radius 2 is 1.63 bits per heavy atom. The third-order valence-electron chi connectivity index (χ3n) is 4.08. The standard InChI is InChI=1S/C14H21NO3S/c1-9-5-10(2)12(4)14(11(9)3)19(17,18)15-6-13(7-15)8-16/h5,13,16H,6-8H2,1-4H3. The van der Waals surface area contributed by atoms with E-state index in [1.54, 1.807) is 0 Å². The molecule has 1 heterocycles. The molecule has 1 N–H and O–H groups in total. The molecule has 1 saturated heterocycles. The van der Waals surface area contributed by atoms with Gasteiger partial charge in [-0.25, -0.2) is 8.42 Å². The van der Waals surface area contributed by atoms with Crippen molar-refractivity contribution in [1.29, 1.82) is 0 Å². The van der Waals surface area contributed by atoms with Gasteiger partial charge in [0.1, 0.15) is 0 Å². The third-order valence-corrected chi connectivity index (χ3v) is 6.18. The lowest BCUT2D eigenvalue weighted by Crippen LogP contribution is -2.51. The van der Waals surface area contributed by atoms with E-state index in [1.807, 2.05) is 33.8 Å². The number of sulfonamides is 1. The number of hydrogen-bond acceptors (Lipinski definition) is 3. The lowest BCUT2D eigenvalue weighted by atomic mass is 10.0. The van der Waals surface area contributed by atoms with Gasteiger partial charge in [-0.15, -0.1) is 0 Å². The third kappa shape index (κ3) is 2.30. The lowest BCUT2D eigenvalue weighted by Gasteiger charge is -2.37. The Hall–Kier alpha value is -0.910. The van der Waals surface area contributed by atoms with Gasteiger partial charge < -0.3 is 5.11 Å². The normalized spacial score (nSPS) is 17.5. The van der Waals surface area contributed by atoms with E-state index >= 15 is 0 Å². The minimum atomic E-state index is -3.43. The van der Waals surface area contributed by atoms with E-state index in [1.165, 1.54) is 4.31 Å². The van der Waals surface area contributed by atoms with Crippen LogP contribution in [0.15, 0.2) is 11.0 Å². The molecule has 2 rings (SSSR count). The van der Waals surface area contributed by atoms with Gasteiger partial charge in [-0.1, -0.05) is 6.07 Å². The van der Waals surface area contributed by atoms with Gasteiger partial charge in [0.25, 0.3) is 0 Å². The molecule has 0 amide bonds. The summed E-state index contributed by atoms with van der Waals surface area (Å²) in [5.41, 5.74) is 3.66. The topological polar surface area (TPSA) is 57.6 Å². The van der Waals surface area contributed by atoms with E-state index in [0.29, 0.717) is 18.0 Å². The molecule has 0 bridgehead atoms. The summed E-state index contributed by atoms with van der Waals surface area (Å²) < 4.78 is 26.8. The monoisotopic (exact) mass is 283 g/mol. The lowest BCUT2D eigenvalue weighted by molar-refractivity contribution is 0.117. The Morgan fingerprint density at radius 1 is 1.16 bits per heavy atom. The van der Waals surface area contributed by atoms with Crippen LogP contribution in [-0.4, -0.2) is 37.5 Å². The molecule has 1 aliphatic heterocycles. The molecule has 0 atom stereocenters. The van der Waals surface area contributed by atoms with E-state index in [-0.39, 0.29) is 12.5 Å². The van der Waals surface area contributed by atoms with Crippen molar-refractivity contribution in [3.05, 3.63) is 28.3 Å². The molecular weight excluding hydrogens is 262 g/mol. The molecule has 5 heteroatoms. The number of hydrogen-bond donors (Lipinski definition) is 1. The van der Waals surface area contributed by atoms with E-state index in [0.717, 1.165) is 22.3 Å². The zero-order valence-electron chi connectivity index (χ0n) is 11.9. The summed E-state index contributed by atoms with van der Waals surface area (Å²) in [5, 5.41) is 9.02. The van der Waals surface area contributed by atoms with Crippen molar-refractivity contribution in [3.8, 4) is 0 Å². The predicted molar refractivity (Wildman–Crippen MR) is 74.7 cm³/mol. The molecule has 1 aromatic carbocycles. The van der Waals surface area contributed by atoms with Gasteiger partial charge in [0.2, 0.25) is 10.0 Å². The first kappa shape index (κ1) is 14.5. The molecular formula is C14H21NO3S. The number of rotatable bonds is 3. The van der Waals surface area contributed by atoms with Crippen LogP contribution in [0.3, 0.4) is 0 Å². The first-order valence-corrected chi connectivity index (χ1v) is 7.91. The smallest absolute Gasteiger partial charge is 0.243 e. The van der Waals surface area contributed by atoms with Gasteiger partial charge in [-0.05, 0) is 49.9 Å². The second kappa shape index (κ2) is 4.89. The van der Waals surface area contributed by atoms with Crippen molar-refractivity contribution < 1.29 is 13.5 Å². The summed E-state index contributed by atoms with van der Waals surface area (Å²) in [6, 6.07) is 2.02. The zero-order valence-corrected chi connectivity index (χ0v) is 12.7. The summed E-state index contributed by atoms with van der Waals surface area (Å²) >= 11 is 0. The molecule has 4 nitrogen and oxygen atoms in total. The van der Waals surface area contributed by atoms with Crippen molar-refractivity contribution in [2.24, 2.45) is 5.92 Å². The van der Waals surface area contributed by atoms with Crippen LogP contribution in [0.1, 0.15) is 22.3 Å². The second-order valence-corrected chi connectivity index (χ2v) is 7.33. The minimum Gasteiger partial charge on any atom is -0.396 e. The van der Waals surface area contributed by atoms with Gasteiger partial charge >= 0.3 is 0 Å². The number of aryl methyl sites for hydroxylation is 2. The van der Waals surface area contributed by atoms with Crippen LogP contribution in [0.4, 0.5) is 0 Å². The highest BCUT2D eigenvalue weighted by Crippen LogP contribution is 2.31. The van der Waals surface area contributed by atoms with Crippen LogP contribution in [0.5, 0.6) is 0 Å². The van der Waals surface area contributed by atoms with Crippen molar-refractivity contribution in [2.45, 2.75) is 32.6 Å². The van der Waals surface area contributed by atoms with E-state index in [4.69, 9.17) is 5.11 Å². The molecule has 0 saturated carbocycles. The van der Waals surface area contributed by atoms with Crippen LogP contribution >= 0.6 is 0 Å². The number of nitrogens with zero attached hydrogens (tertiary/aromatic N) is 1. The molecule has 1 fully saturated rings. The molecule has 0 unspecified atom stereocenters. The highest BCUT2D eigenvalue weighted by molar-refractivity contribution is 7.89. The van der Waals surface area contributed by atoms with Crippen molar-refractivity contribution in [3.63, 3.8) is 0 Å². The minimum absolute atomic E-state index is 0.0524. The van der Waals surface area contributed by atoms with Gasteiger partial charge in [-0.2, -0.15) is 4.31 Å². The predicted octanol–water partition coefficient (Wildman–Crippen LogP) is 1.53. The van der Waals surface area contributed by atoms with Crippen molar-refractivity contribution >= 4 is 10.0 Å². The Kier molecular flexibility index (Phi) is 3.73. The largest absolute Gasteiger partial charge is 0.396 e. The fourth-order valence-electron chi connectivity index (χ4n) is 2.53. The van der Waals surface area contributed by atoms with Crippen LogP contribution in [0.2, 0.25) is 0 Å². The summed E-state index contributed by atoms with van der Waals surface area (Å²) in [6.45, 7) is 8.49. The zero-order chi connectivity index (χ0) is 14.4. The summed E-state index contributed by atoms with van der Waals surface area (Å²) in [7, 11) is -3.43. The first-order chi connectivity index (χ1) is 8.78. The second-order valence-electron chi connectivity index (χ2n) is 5.46. The van der Waals surface area contributed by atoms with Crippen molar-refractivity contribution in [1.82, 2.24) is 4.31 Å². The van der Waals surface area contributed by atoms with Gasteiger partial charge in [0.05, 0.1) is 4.90 Å². The van der Waals surface area contributed by atoms with E-state index in [9.17, 15) is 8.42 Å². The van der Waals surface area contributed by atoms with E-state index in [2.05, 4.69) is 0 Å². The van der Waals surface area contributed by atoms with Crippen LogP contribution < -0.4 is 0 Å². The average Bonchev–Trinajstić information content (AvgIpc) is 2.24. The summed E-state index contributed by atoms with van der Waals surface area (Å²) in [5.74, 6) is 0.0845. The van der Waals surface area contributed by atoms with Gasteiger partial charge in [0.15, 0.2) is 0 Å². The molecule has 19 heavy (non-hydrogen) atoms. The Morgan fingerprint density at radius 3 is 2.05 bits per heavy atom. The molecule has 1 aliphatic rings. The fraction of sp³-hybridized carbons (Fsp3) is 0.571. The maximum absolute atomic E-state index is 12.7. The average molecular weight is 283 g/mol. The summed E-state index contributed by atoms with van der Waals surface area (Å²) in [6.07, 6.45) is 0. The van der Waals surface area contributed by atoms with Gasteiger partial charge in [-0.3, -0.25) is 0 Å². The van der Waals surface area contributed by atoms with Crippen LogP contribution in [0, 0.1) is 33.6 Å². The molecule has 0 aromatic heterocycles. The molecule has 0 aliphatic carbocycles. The maximum atomic E-state index is 12.7. The fourth-order valence-corrected chi connectivity index (χ4v) is 4.70.